The first-order chi connectivity index (χ1) is 5.24. The summed E-state index contributed by atoms with van der Waals surface area (Å²) < 4.78 is 5.32. The molecule has 66 valence electrons. The van der Waals surface area contributed by atoms with Crippen LogP contribution < -0.4 is 0 Å². The summed E-state index contributed by atoms with van der Waals surface area (Å²) in [4.78, 5) is 0. The molecule has 0 aromatic carbocycles. The zero-order chi connectivity index (χ0) is 8.27. The van der Waals surface area contributed by atoms with E-state index in [-0.39, 0.29) is 0 Å². The third kappa shape index (κ3) is 2.48. The topological polar surface area (TPSA) is 9.23 Å². The molecule has 1 saturated carbocycles. The molecule has 1 heteroatoms. The fraction of sp³-hybridized carbons (Fsp3) is 1.00. The van der Waals surface area contributed by atoms with E-state index in [4.69, 9.17) is 4.74 Å². The number of rotatable bonds is 2. The molecule has 0 spiro atoms. The standard InChI is InChI=1S/C10H20O/c1-8(2)9-4-6-10(11-3)7-5-9/h8-10H,4-7H2,1-3H3/t9-,10-. The van der Waals surface area contributed by atoms with E-state index in [1.54, 1.807) is 0 Å². The van der Waals surface area contributed by atoms with E-state index in [1.165, 1.54) is 25.7 Å². The van der Waals surface area contributed by atoms with E-state index < -0.39 is 0 Å². The third-order valence-electron chi connectivity index (χ3n) is 3.00. The lowest BCUT2D eigenvalue weighted by molar-refractivity contribution is 0.0495. The average Bonchev–Trinajstić information content (AvgIpc) is 2.05. The number of hydrogen-bond acceptors (Lipinski definition) is 1. The molecule has 0 unspecified atom stereocenters. The predicted molar refractivity (Wildman–Crippen MR) is 47.6 cm³/mol. The maximum absolute atomic E-state index is 5.32. The van der Waals surface area contributed by atoms with E-state index in [0.29, 0.717) is 6.10 Å². The highest BCUT2D eigenvalue weighted by Crippen LogP contribution is 2.30. The molecule has 0 amide bonds. The van der Waals surface area contributed by atoms with Gasteiger partial charge in [0.25, 0.3) is 0 Å². The molecular formula is C10H20O. The quantitative estimate of drug-likeness (QED) is 0.597. The smallest absolute Gasteiger partial charge is 0.0571 e. The predicted octanol–water partition coefficient (Wildman–Crippen LogP) is 2.85. The van der Waals surface area contributed by atoms with Crippen LogP contribution in [0.2, 0.25) is 0 Å². The molecule has 1 aliphatic rings. The van der Waals surface area contributed by atoms with E-state index in [2.05, 4.69) is 13.8 Å². The van der Waals surface area contributed by atoms with Crippen molar-refractivity contribution in [2.45, 2.75) is 45.6 Å². The number of methoxy groups -OCH3 is 1. The highest BCUT2D eigenvalue weighted by molar-refractivity contribution is 4.74. The van der Waals surface area contributed by atoms with Crippen molar-refractivity contribution in [2.75, 3.05) is 7.11 Å². The van der Waals surface area contributed by atoms with Gasteiger partial charge in [0.1, 0.15) is 0 Å². The van der Waals surface area contributed by atoms with Crippen molar-refractivity contribution in [3.8, 4) is 0 Å². The van der Waals surface area contributed by atoms with E-state index in [0.717, 1.165) is 11.8 Å². The van der Waals surface area contributed by atoms with Gasteiger partial charge in [0.2, 0.25) is 0 Å². The summed E-state index contributed by atoms with van der Waals surface area (Å²) in [6, 6.07) is 0. The first-order valence-corrected chi connectivity index (χ1v) is 4.76. The van der Waals surface area contributed by atoms with Crippen molar-refractivity contribution in [1.82, 2.24) is 0 Å². The van der Waals surface area contributed by atoms with Crippen LogP contribution in [0.3, 0.4) is 0 Å². The normalized spacial score (nSPS) is 32.7. The molecule has 0 aromatic heterocycles. The zero-order valence-corrected chi connectivity index (χ0v) is 7.97. The maximum Gasteiger partial charge on any atom is 0.0571 e. The zero-order valence-electron chi connectivity index (χ0n) is 7.97. The Morgan fingerprint density at radius 1 is 1.09 bits per heavy atom. The van der Waals surface area contributed by atoms with Crippen LogP contribution in [0, 0.1) is 11.8 Å². The summed E-state index contributed by atoms with van der Waals surface area (Å²) in [5, 5.41) is 0. The van der Waals surface area contributed by atoms with Crippen molar-refractivity contribution in [3.05, 3.63) is 0 Å². The fourth-order valence-electron chi connectivity index (χ4n) is 1.99. The van der Waals surface area contributed by atoms with Crippen LogP contribution in [0.5, 0.6) is 0 Å². The molecule has 1 rings (SSSR count). The third-order valence-corrected chi connectivity index (χ3v) is 3.00. The minimum atomic E-state index is 0.560. The van der Waals surface area contributed by atoms with Gasteiger partial charge in [-0.1, -0.05) is 13.8 Å². The summed E-state index contributed by atoms with van der Waals surface area (Å²) in [6.45, 7) is 4.66. The van der Waals surface area contributed by atoms with Gasteiger partial charge < -0.3 is 4.74 Å². The van der Waals surface area contributed by atoms with Crippen LogP contribution in [-0.2, 0) is 4.74 Å². The lowest BCUT2D eigenvalue weighted by Gasteiger charge is -2.29. The molecule has 1 fully saturated rings. The van der Waals surface area contributed by atoms with Crippen LogP contribution >= 0.6 is 0 Å². The molecule has 0 bridgehead atoms. The minimum absolute atomic E-state index is 0.560. The molecule has 11 heavy (non-hydrogen) atoms. The van der Waals surface area contributed by atoms with Gasteiger partial charge in [-0.3, -0.25) is 0 Å². The van der Waals surface area contributed by atoms with Crippen molar-refractivity contribution >= 4 is 0 Å². The Morgan fingerprint density at radius 3 is 2.00 bits per heavy atom. The Balaban J connectivity index is 2.24. The summed E-state index contributed by atoms with van der Waals surface area (Å²) >= 11 is 0. The second kappa shape index (κ2) is 4.10. The Bertz CT molecular complexity index is 101. The van der Waals surface area contributed by atoms with Gasteiger partial charge in [0, 0.05) is 7.11 Å². The monoisotopic (exact) mass is 156 g/mol. The largest absolute Gasteiger partial charge is 0.381 e. The minimum Gasteiger partial charge on any atom is -0.381 e. The second-order valence-electron chi connectivity index (χ2n) is 4.02. The molecular weight excluding hydrogens is 136 g/mol. The number of ether oxygens (including phenoxy) is 1. The van der Waals surface area contributed by atoms with Crippen LogP contribution in [-0.4, -0.2) is 13.2 Å². The van der Waals surface area contributed by atoms with Crippen molar-refractivity contribution < 1.29 is 4.74 Å². The molecule has 1 nitrogen and oxygen atoms in total. The van der Waals surface area contributed by atoms with E-state index in [1.807, 2.05) is 7.11 Å². The summed E-state index contributed by atoms with van der Waals surface area (Å²) in [5.74, 6) is 1.83. The van der Waals surface area contributed by atoms with Gasteiger partial charge in [-0.15, -0.1) is 0 Å². The summed E-state index contributed by atoms with van der Waals surface area (Å²) in [5.41, 5.74) is 0. The molecule has 0 aromatic rings. The second-order valence-corrected chi connectivity index (χ2v) is 4.02. The SMILES string of the molecule is CO[C@H]1CC[C@H](C(C)C)CC1. The molecule has 0 heterocycles. The molecule has 0 radical (unpaired) electrons. The van der Waals surface area contributed by atoms with Crippen molar-refractivity contribution in [1.29, 1.82) is 0 Å². The molecule has 0 aliphatic heterocycles. The van der Waals surface area contributed by atoms with Crippen LogP contribution in [0.4, 0.5) is 0 Å². The fourth-order valence-corrected chi connectivity index (χ4v) is 1.99. The van der Waals surface area contributed by atoms with Crippen LogP contribution in [0.25, 0.3) is 0 Å². The van der Waals surface area contributed by atoms with E-state index >= 15 is 0 Å². The summed E-state index contributed by atoms with van der Waals surface area (Å²) in [7, 11) is 1.83. The van der Waals surface area contributed by atoms with Crippen molar-refractivity contribution in [3.63, 3.8) is 0 Å². The van der Waals surface area contributed by atoms with Gasteiger partial charge in [-0.2, -0.15) is 0 Å². The lowest BCUT2D eigenvalue weighted by atomic mass is 9.80. The first kappa shape index (κ1) is 9.05. The average molecular weight is 156 g/mol. The van der Waals surface area contributed by atoms with Gasteiger partial charge in [0.15, 0.2) is 0 Å². The Hall–Kier alpha value is -0.0400. The van der Waals surface area contributed by atoms with E-state index in [9.17, 15) is 0 Å². The van der Waals surface area contributed by atoms with Crippen LogP contribution in [0.15, 0.2) is 0 Å². The Labute approximate surface area is 70.1 Å². The van der Waals surface area contributed by atoms with Crippen molar-refractivity contribution in [2.24, 2.45) is 11.8 Å². The van der Waals surface area contributed by atoms with Gasteiger partial charge in [-0.25, -0.2) is 0 Å². The highest BCUT2D eigenvalue weighted by atomic mass is 16.5. The first-order valence-electron chi connectivity index (χ1n) is 4.76. The lowest BCUT2D eigenvalue weighted by Crippen LogP contribution is -2.23. The Morgan fingerprint density at radius 2 is 1.64 bits per heavy atom. The van der Waals surface area contributed by atoms with Gasteiger partial charge in [-0.05, 0) is 37.5 Å². The van der Waals surface area contributed by atoms with Gasteiger partial charge >= 0.3 is 0 Å². The van der Waals surface area contributed by atoms with Gasteiger partial charge in [0.05, 0.1) is 6.10 Å². The molecule has 0 N–H and O–H groups in total. The molecule has 0 saturated heterocycles. The molecule has 0 atom stereocenters. The number of hydrogen-bond donors (Lipinski definition) is 0. The maximum atomic E-state index is 5.32. The van der Waals surface area contributed by atoms with Crippen LogP contribution in [0.1, 0.15) is 39.5 Å². The molecule has 1 aliphatic carbocycles. The summed E-state index contributed by atoms with van der Waals surface area (Å²) in [6.07, 6.45) is 5.86. The Kier molecular flexibility index (Phi) is 3.38. The highest BCUT2D eigenvalue weighted by Gasteiger charge is 2.22.